The van der Waals surface area contributed by atoms with Gasteiger partial charge >= 0.3 is 0 Å². The summed E-state index contributed by atoms with van der Waals surface area (Å²) in [6, 6.07) is 19.9. The first-order valence-electron chi connectivity index (χ1n) is 8.78. The van der Waals surface area contributed by atoms with Gasteiger partial charge in [0.15, 0.2) is 18.2 Å². The number of carbonyl (C=O) groups is 2. The highest BCUT2D eigenvalue weighted by molar-refractivity contribution is 6.08. The summed E-state index contributed by atoms with van der Waals surface area (Å²) in [6.07, 6.45) is 3.45. The van der Waals surface area contributed by atoms with Crippen molar-refractivity contribution in [3.05, 3.63) is 90.3 Å². The highest BCUT2D eigenvalue weighted by Crippen LogP contribution is 2.23. The monoisotopic (exact) mass is 361 g/mol. The third kappa shape index (κ3) is 4.79. The molecule has 0 unspecified atom stereocenters. The maximum absolute atomic E-state index is 12.4. The molecule has 3 aromatic rings. The van der Waals surface area contributed by atoms with Crippen LogP contribution in [0.5, 0.6) is 5.75 Å². The number of carbonyl (C=O) groups excluding carboxylic acids is 2. The van der Waals surface area contributed by atoms with Crippen LogP contribution in [0.4, 0.5) is 5.69 Å². The Labute approximate surface area is 158 Å². The summed E-state index contributed by atoms with van der Waals surface area (Å²) in [4.78, 5) is 24.7. The maximum Gasteiger partial charge on any atom is 0.290 e. The van der Waals surface area contributed by atoms with Crippen molar-refractivity contribution in [2.75, 3.05) is 11.9 Å². The molecule has 1 N–H and O–H groups in total. The minimum Gasteiger partial charge on any atom is -0.492 e. The van der Waals surface area contributed by atoms with E-state index in [1.165, 1.54) is 0 Å². The average molecular weight is 361 g/mol. The van der Waals surface area contributed by atoms with E-state index in [0.29, 0.717) is 29.2 Å². The van der Waals surface area contributed by atoms with Crippen LogP contribution < -0.4 is 14.6 Å². The molecule has 1 heterocycles. The topological polar surface area (TPSA) is 59.3 Å². The predicted octanol–water partition coefficient (Wildman–Crippen LogP) is 3.24. The van der Waals surface area contributed by atoms with Crippen molar-refractivity contribution in [2.45, 2.75) is 13.5 Å². The van der Waals surface area contributed by atoms with Crippen LogP contribution >= 0.6 is 0 Å². The van der Waals surface area contributed by atoms with Crippen LogP contribution in [0, 0.1) is 0 Å². The van der Waals surface area contributed by atoms with Crippen molar-refractivity contribution in [2.24, 2.45) is 0 Å². The molecule has 1 amide bonds. The van der Waals surface area contributed by atoms with E-state index in [4.69, 9.17) is 4.74 Å². The van der Waals surface area contributed by atoms with Gasteiger partial charge in [0.25, 0.3) is 5.91 Å². The number of ether oxygens (including phenoxy) is 1. The third-order valence-corrected chi connectivity index (χ3v) is 3.98. The average Bonchev–Trinajstić information content (AvgIpc) is 2.70. The fourth-order valence-electron chi connectivity index (χ4n) is 2.68. The number of nitrogens with one attached hydrogen (secondary N) is 1. The first-order chi connectivity index (χ1) is 13.2. The number of benzene rings is 2. The standard InChI is InChI=1S/C22H20N2O3/c1-2-27-20-11-7-6-10-19(20)23-21(25)16-24-14-12-18(13-15-24)22(26)17-8-4-3-5-9-17/h3-15H,2,16H2,1H3/p+1. The number of hydrogen-bond acceptors (Lipinski definition) is 3. The number of amides is 1. The van der Waals surface area contributed by atoms with Gasteiger partial charge in [0.1, 0.15) is 5.75 Å². The Morgan fingerprint density at radius 3 is 2.22 bits per heavy atom. The second-order valence-electron chi connectivity index (χ2n) is 5.93. The largest absolute Gasteiger partial charge is 0.492 e. The number of pyridine rings is 1. The molecule has 136 valence electrons. The lowest BCUT2D eigenvalue weighted by molar-refractivity contribution is -0.684. The Morgan fingerprint density at radius 2 is 1.52 bits per heavy atom. The summed E-state index contributed by atoms with van der Waals surface area (Å²) in [5.41, 5.74) is 1.86. The number of nitrogens with zero attached hydrogens (tertiary/aromatic N) is 1. The van der Waals surface area contributed by atoms with Crippen LogP contribution in [-0.4, -0.2) is 18.3 Å². The van der Waals surface area contributed by atoms with Gasteiger partial charge in [0.2, 0.25) is 6.54 Å². The van der Waals surface area contributed by atoms with Gasteiger partial charge in [-0.2, -0.15) is 4.57 Å². The smallest absolute Gasteiger partial charge is 0.290 e. The molecule has 0 saturated heterocycles. The van der Waals surface area contributed by atoms with Gasteiger partial charge in [-0.1, -0.05) is 42.5 Å². The summed E-state index contributed by atoms with van der Waals surface area (Å²) in [5, 5.41) is 2.86. The van der Waals surface area contributed by atoms with E-state index in [2.05, 4.69) is 5.32 Å². The maximum atomic E-state index is 12.4. The van der Waals surface area contributed by atoms with Gasteiger partial charge in [-0.3, -0.25) is 9.59 Å². The molecule has 0 fully saturated rings. The van der Waals surface area contributed by atoms with E-state index < -0.39 is 0 Å². The van der Waals surface area contributed by atoms with Crippen LogP contribution in [0.15, 0.2) is 79.1 Å². The zero-order chi connectivity index (χ0) is 19.1. The van der Waals surface area contributed by atoms with E-state index in [9.17, 15) is 9.59 Å². The van der Waals surface area contributed by atoms with Gasteiger partial charge in [0, 0.05) is 23.3 Å². The molecule has 27 heavy (non-hydrogen) atoms. The minimum atomic E-state index is -0.172. The molecule has 0 aliphatic carbocycles. The number of ketones is 1. The van der Waals surface area contributed by atoms with Crippen LogP contribution in [-0.2, 0) is 11.3 Å². The second kappa shape index (κ2) is 8.76. The molecule has 0 saturated carbocycles. The van der Waals surface area contributed by atoms with Gasteiger partial charge in [-0.15, -0.1) is 0 Å². The summed E-state index contributed by atoms with van der Waals surface area (Å²) in [7, 11) is 0. The minimum absolute atomic E-state index is 0.0437. The van der Waals surface area contributed by atoms with Crippen molar-refractivity contribution in [3.63, 3.8) is 0 Å². The van der Waals surface area contributed by atoms with Gasteiger partial charge in [0.05, 0.1) is 12.3 Å². The second-order valence-corrected chi connectivity index (χ2v) is 5.93. The van der Waals surface area contributed by atoms with Gasteiger partial charge in [-0.25, -0.2) is 0 Å². The Balaban J connectivity index is 1.65. The molecule has 2 aromatic carbocycles. The normalized spacial score (nSPS) is 10.3. The van der Waals surface area contributed by atoms with E-state index in [-0.39, 0.29) is 18.2 Å². The molecule has 5 heteroatoms. The van der Waals surface area contributed by atoms with Gasteiger partial charge in [-0.05, 0) is 19.1 Å². The first kappa shape index (κ1) is 18.3. The van der Waals surface area contributed by atoms with E-state index in [1.807, 2.05) is 43.3 Å². The molecule has 5 nitrogen and oxygen atoms in total. The van der Waals surface area contributed by atoms with E-state index in [0.717, 1.165) is 0 Å². The molecule has 0 aliphatic rings. The highest BCUT2D eigenvalue weighted by Gasteiger charge is 2.14. The zero-order valence-corrected chi connectivity index (χ0v) is 15.1. The lowest BCUT2D eigenvalue weighted by atomic mass is 10.0. The quantitative estimate of drug-likeness (QED) is 0.519. The fourth-order valence-corrected chi connectivity index (χ4v) is 2.68. The lowest BCUT2D eigenvalue weighted by Gasteiger charge is -2.10. The van der Waals surface area contributed by atoms with Crippen molar-refractivity contribution in [1.29, 1.82) is 0 Å². The van der Waals surface area contributed by atoms with Crippen molar-refractivity contribution in [3.8, 4) is 5.75 Å². The number of anilines is 1. The van der Waals surface area contributed by atoms with Crippen LogP contribution in [0.3, 0.4) is 0 Å². The van der Waals surface area contributed by atoms with Crippen molar-refractivity contribution in [1.82, 2.24) is 0 Å². The number of rotatable bonds is 7. The Hall–Kier alpha value is -3.47. The third-order valence-electron chi connectivity index (χ3n) is 3.98. The molecule has 1 aromatic heterocycles. The van der Waals surface area contributed by atoms with Crippen LogP contribution in [0.1, 0.15) is 22.8 Å². The summed E-state index contributed by atoms with van der Waals surface area (Å²) < 4.78 is 7.24. The molecular weight excluding hydrogens is 340 g/mol. The predicted molar refractivity (Wildman–Crippen MR) is 103 cm³/mol. The van der Waals surface area contributed by atoms with E-state index >= 15 is 0 Å². The fraction of sp³-hybridized carbons (Fsp3) is 0.136. The lowest BCUT2D eigenvalue weighted by Crippen LogP contribution is -2.39. The Kier molecular flexibility index (Phi) is 5.94. The first-order valence-corrected chi connectivity index (χ1v) is 8.78. The van der Waals surface area contributed by atoms with Gasteiger partial charge < -0.3 is 10.1 Å². The molecule has 0 spiro atoms. The SMILES string of the molecule is CCOc1ccccc1NC(=O)C[n+]1ccc(C(=O)c2ccccc2)cc1. The Morgan fingerprint density at radius 1 is 0.889 bits per heavy atom. The zero-order valence-electron chi connectivity index (χ0n) is 15.1. The molecule has 0 aliphatic heterocycles. The summed E-state index contributed by atoms with van der Waals surface area (Å²) in [5.74, 6) is 0.425. The molecular formula is C22H21N2O3+. The molecule has 0 bridgehead atoms. The number of hydrogen-bond donors (Lipinski definition) is 1. The molecule has 3 rings (SSSR count). The number of aromatic nitrogens is 1. The summed E-state index contributed by atoms with van der Waals surface area (Å²) >= 11 is 0. The Bertz CT molecular complexity index is 922. The van der Waals surface area contributed by atoms with E-state index in [1.54, 1.807) is 47.3 Å². The van der Waals surface area contributed by atoms with Crippen molar-refractivity contribution >= 4 is 17.4 Å². The van der Waals surface area contributed by atoms with Crippen LogP contribution in [0.2, 0.25) is 0 Å². The molecule has 0 atom stereocenters. The number of para-hydroxylation sites is 2. The van der Waals surface area contributed by atoms with Crippen LogP contribution in [0.25, 0.3) is 0 Å². The van der Waals surface area contributed by atoms with Crippen molar-refractivity contribution < 1.29 is 18.9 Å². The highest BCUT2D eigenvalue weighted by atomic mass is 16.5. The molecule has 0 radical (unpaired) electrons. The summed E-state index contributed by atoms with van der Waals surface area (Å²) in [6.45, 7) is 2.56.